The molecule has 2 aliphatic rings. The summed E-state index contributed by atoms with van der Waals surface area (Å²) in [7, 11) is 4.68. The van der Waals surface area contributed by atoms with Gasteiger partial charge in [0.2, 0.25) is 17.7 Å². The Bertz CT molecular complexity index is 1150. The van der Waals surface area contributed by atoms with E-state index in [1.165, 1.54) is 19.1 Å². The molecule has 204 valence electrons. The number of carbonyl (C=O) groups is 3. The van der Waals surface area contributed by atoms with Crippen LogP contribution in [0.5, 0.6) is 17.2 Å². The Morgan fingerprint density at radius 3 is 2.39 bits per heavy atom. The smallest absolute Gasteiger partial charge is 0.243 e. The summed E-state index contributed by atoms with van der Waals surface area (Å²) in [5.41, 5.74) is 1.52. The van der Waals surface area contributed by atoms with Crippen molar-refractivity contribution in [3.63, 3.8) is 0 Å². The maximum atomic E-state index is 13.3. The molecule has 3 amide bonds. The predicted octanol–water partition coefficient (Wildman–Crippen LogP) is 1.19. The minimum atomic E-state index is -0.883. The third kappa shape index (κ3) is 6.46. The van der Waals surface area contributed by atoms with Gasteiger partial charge in [0.1, 0.15) is 23.3 Å². The maximum absolute atomic E-state index is 13.3. The summed E-state index contributed by atoms with van der Waals surface area (Å²) in [5, 5.41) is 5.56. The van der Waals surface area contributed by atoms with E-state index in [2.05, 4.69) is 20.4 Å². The van der Waals surface area contributed by atoms with E-state index in [0.717, 1.165) is 24.5 Å². The number of hydrogen-bond acceptors (Lipinski definition) is 8. The normalized spacial score (nSPS) is 18.0. The molecule has 0 bridgehead atoms. The second-order valence-electron chi connectivity index (χ2n) is 9.18. The van der Waals surface area contributed by atoms with E-state index in [4.69, 9.17) is 14.2 Å². The number of hydrogen-bond donors (Lipinski definition) is 2. The maximum Gasteiger partial charge on any atom is 0.243 e. The molecule has 38 heavy (non-hydrogen) atoms. The van der Waals surface area contributed by atoms with E-state index in [9.17, 15) is 14.4 Å². The summed E-state index contributed by atoms with van der Waals surface area (Å²) in [4.78, 5) is 44.8. The molecule has 4 rings (SSSR count). The van der Waals surface area contributed by atoms with Crippen molar-refractivity contribution in [2.75, 3.05) is 77.4 Å². The van der Waals surface area contributed by atoms with Crippen LogP contribution in [0.3, 0.4) is 0 Å². The van der Waals surface area contributed by atoms with Gasteiger partial charge in [0.25, 0.3) is 0 Å². The average Bonchev–Trinajstić information content (AvgIpc) is 2.94. The van der Waals surface area contributed by atoms with E-state index < -0.39 is 11.9 Å². The molecule has 2 aliphatic heterocycles. The average molecular weight is 526 g/mol. The molecular weight excluding hydrogens is 490 g/mol. The van der Waals surface area contributed by atoms with Crippen LogP contribution in [-0.2, 0) is 14.4 Å². The van der Waals surface area contributed by atoms with Crippen molar-refractivity contribution in [1.29, 1.82) is 0 Å². The highest BCUT2D eigenvalue weighted by molar-refractivity contribution is 5.98. The number of anilines is 2. The number of nitrogens with zero attached hydrogens (tertiary/aromatic N) is 3. The molecular formula is C27H35N5O6. The van der Waals surface area contributed by atoms with Crippen molar-refractivity contribution in [3.8, 4) is 17.2 Å². The van der Waals surface area contributed by atoms with Crippen LogP contribution in [0.25, 0.3) is 0 Å². The minimum Gasteiger partial charge on any atom is -0.497 e. The van der Waals surface area contributed by atoms with Crippen molar-refractivity contribution in [2.45, 2.75) is 12.5 Å². The Labute approximate surface area is 222 Å². The zero-order valence-electron chi connectivity index (χ0n) is 22.1. The predicted molar refractivity (Wildman–Crippen MR) is 143 cm³/mol. The Balaban J connectivity index is 1.35. The third-order valence-corrected chi connectivity index (χ3v) is 6.86. The quantitative estimate of drug-likeness (QED) is 0.502. The Hall–Kier alpha value is -3.99. The summed E-state index contributed by atoms with van der Waals surface area (Å²) in [6, 6.07) is 12.1. The molecule has 1 atom stereocenters. The first kappa shape index (κ1) is 27.1. The molecule has 0 saturated carbocycles. The van der Waals surface area contributed by atoms with Crippen molar-refractivity contribution < 1.29 is 28.6 Å². The van der Waals surface area contributed by atoms with Crippen LogP contribution in [0.15, 0.2) is 42.5 Å². The van der Waals surface area contributed by atoms with Gasteiger partial charge in [-0.15, -0.1) is 0 Å². The number of piperazine rings is 2. The lowest BCUT2D eigenvalue weighted by Crippen LogP contribution is -2.60. The molecule has 0 aromatic heterocycles. The molecule has 2 heterocycles. The first-order valence-corrected chi connectivity index (χ1v) is 12.6. The van der Waals surface area contributed by atoms with Crippen molar-refractivity contribution in [1.82, 2.24) is 15.1 Å². The zero-order valence-corrected chi connectivity index (χ0v) is 22.1. The molecule has 2 aromatic rings. The van der Waals surface area contributed by atoms with Crippen LogP contribution in [-0.4, -0.2) is 101 Å². The number of nitrogens with one attached hydrogen (secondary N) is 2. The van der Waals surface area contributed by atoms with Gasteiger partial charge in [-0.25, -0.2) is 0 Å². The van der Waals surface area contributed by atoms with Gasteiger partial charge in [0.05, 0.1) is 40.0 Å². The lowest BCUT2D eigenvalue weighted by atomic mass is 10.1. The molecule has 11 heteroatoms. The van der Waals surface area contributed by atoms with Crippen LogP contribution in [0.1, 0.15) is 6.42 Å². The number of ether oxygens (including phenoxy) is 3. The van der Waals surface area contributed by atoms with Gasteiger partial charge in [-0.05, 0) is 24.3 Å². The molecule has 0 radical (unpaired) electrons. The standard InChI is InChI=1S/C27H35N5O6/c1-36-20-6-4-5-19(15-20)31-13-11-30(12-14-31)18-26(34)32-10-9-28-27(35)23(32)17-25(33)29-22-16-21(37-2)7-8-24(22)38-3/h4-8,15-16,23H,9-14,17-18H2,1-3H3,(H,28,35)(H,29,33)/t23-/m1/s1. The lowest BCUT2D eigenvalue weighted by Gasteiger charge is -2.39. The number of benzene rings is 2. The van der Waals surface area contributed by atoms with Crippen LogP contribution in [0.4, 0.5) is 11.4 Å². The van der Waals surface area contributed by atoms with E-state index in [0.29, 0.717) is 43.4 Å². The molecule has 2 aromatic carbocycles. The summed E-state index contributed by atoms with van der Waals surface area (Å²) < 4.78 is 15.9. The number of carbonyl (C=O) groups excluding carboxylic acids is 3. The van der Waals surface area contributed by atoms with E-state index >= 15 is 0 Å². The molecule has 0 unspecified atom stereocenters. The van der Waals surface area contributed by atoms with E-state index in [-0.39, 0.29) is 24.8 Å². The molecule has 2 saturated heterocycles. The van der Waals surface area contributed by atoms with Crippen LogP contribution >= 0.6 is 0 Å². The second-order valence-corrected chi connectivity index (χ2v) is 9.18. The van der Waals surface area contributed by atoms with E-state index in [1.807, 2.05) is 24.3 Å². The summed E-state index contributed by atoms with van der Waals surface area (Å²) in [5.74, 6) is 0.937. The monoisotopic (exact) mass is 525 g/mol. The molecule has 11 nitrogen and oxygen atoms in total. The Kier molecular flexibility index (Phi) is 8.90. The van der Waals surface area contributed by atoms with Crippen LogP contribution < -0.4 is 29.7 Å². The number of methoxy groups -OCH3 is 3. The SMILES string of the molecule is COc1cccc(N2CCN(CC(=O)N3CCNC(=O)[C@H]3CC(=O)Nc3cc(OC)ccc3OC)CC2)c1. The molecule has 0 aliphatic carbocycles. The highest BCUT2D eigenvalue weighted by Crippen LogP contribution is 2.29. The summed E-state index contributed by atoms with van der Waals surface area (Å²) >= 11 is 0. The van der Waals surface area contributed by atoms with Crippen LogP contribution in [0.2, 0.25) is 0 Å². The van der Waals surface area contributed by atoms with Gasteiger partial charge in [-0.1, -0.05) is 6.07 Å². The largest absolute Gasteiger partial charge is 0.497 e. The molecule has 2 fully saturated rings. The van der Waals surface area contributed by atoms with E-state index in [1.54, 1.807) is 25.3 Å². The van der Waals surface area contributed by atoms with Crippen molar-refractivity contribution in [2.24, 2.45) is 0 Å². The summed E-state index contributed by atoms with van der Waals surface area (Å²) in [6.45, 7) is 3.88. The fourth-order valence-electron chi connectivity index (χ4n) is 4.76. The molecule has 0 spiro atoms. The fourth-order valence-corrected chi connectivity index (χ4v) is 4.76. The van der Waals surface area contributed by atoms with Gasteiger partial charge in [-0.3, -0.25) is 19.3 Å². The van der Waals surface area contributed by atoms with Crippen LogP contribution in [0, 0.1) is 0 Å². The zero-order chi connectivity index (χ0) is 27.1. The number of amides is 3. The summed E-state index contributed by atoms with van der Waals surface area (Å²) in [6.07, 6.45) is -0.165. The van der Waals surface area contributed by atoms with Gasteiger partial charge in [-0.2, -0.15) is 0 Å². The minimum absolute atomic E-state index is 0.161. The fraction of sp³-hybridized carbons (Fsp3) is 0.444. The second kappa shape index (κ2) is 12.5. The van der Waals surface area contributed by atoms with Crippen molar-refractivity contribution >= 4 is 29.1 Å². The Morgan fingerprint density at radius 2 is 1.68 bits per heavy atom. The van der Waals surface area contributed by atoms with Gasteiger partial charge in [0, 0.05) is 57.1 Å². The first-order valence-electron chi connectivity index (χ1n) is 12.6. The van der Waals surface area contributed by atoms with Gasteiger partial charge < -0.3 is 34.6 Å². The third-order valence-electron chi connectivity index (χ3n) is 6.86. The lowest BCUT2D eigenvalue weighted by molar-refractivity contribution is -0.145. The molecule has 2 N–H and O–H groups in total. The first-order chi connectivity index (χ1) is 18.4. The van der Waals surface area contributed by atoms with Gasteiger partial charge in [0.15, 0.2) is 0 Å². The Morgan fingerprint density at radius 1 is 0.947 bits per heavy atom. The highest BCUT2D eigenvalue weighted by Gasteiger charge is 2.35. The highest BCUT2D eigenvalue weighted by atomic mass is 16.5. The number of rotatable bonds is 9. The van der Waals surface area contributed by atoms with Gasteiger partial charge >= 0.3 is 0 Å². The topological polar surface area (TPSA) is 113 Å². The van der Waals surface area contributed by atoms with Crippen molar-refractivity contribution in [3.05, 3.63) is 42.5 Å².